The molecular weight excluding hydrogens is 536 g/mol. The van der Waals surface area contributed by atoms with Crippen molar-refractivity contribution >= 4 is 29.5 Å². The van der Waals surface area contributed by atoms with Crippen molar-refractivity contribution in [3.8, 4) is 0 Å². The van der Waals surface area contributed by atoms with Gasteiger partial charge >= 0.3 is 0 Å². The van der Waals surface area contributed by atoms with Gasteiger partial charge < -0.3 is 15.1 Å². The molecule has 2 N–H and O–H groups in total. The molecule has 4 rings (SSSR count). The number of amides is 1. The van der Waals surface area contributed by atoms with Gasteiger partial charge in [0.05, 0.1) is 5.70 Å². The van der Waals surface area contributed by atoms with Crippen molar-refractivity contribution in [3.63, 3.8) is 0 Å². The van der Waals surface area contributed by atoms with Crippen LogP contribution in [-0.4, -0.2) is 53.2 Å². The summed E-state index contributed by atoms with van der Waals surface area (Å²) in [6, 6.07) is 4.09. The molecule has 0 radical (unpaired) electrons. The maximum atomic E-state index is 15.4. The number of aromatic amines is 1. The van der Waals surface area contributed by atoms with E-state index in [1.807, 2.05) is 32.9 Å². The Labute approximate surface area is 247 Å². The van der Waals surface area contributed by atoms with Crippen molar-refractivity contribution < 1.29 is 13.6 Å². The summed E-state index contributed by atoms with van der Waals surface area (Å²) in [4.78, 5) is 25.2. The number of hydrogen-bond acceptors (Lipinski definition) is 5. The molecule has 0 atom stereocenters. The summed E-state index contributed by atoms with van der Waals surface area (Å²) in [5, 5.41) is 10.7. The monoisotopic (exact) mass is 577 g/mol. The quantitative estimate of drug-likeness (QED) is 0.178. The Morgan fingerprint density at radius 1 is 1.19 bits per heavy atom. The topological polar surface area (TPSA) is 89.0 Å². The highest BCUT2D eigenvalue weighted by Crippen LogP contribution is 2.45. The molecule has 0 spiro atoms. The summed E-state index contributed by atoms with van der Waals surface area (Å²) in [6.07, 6.45) is 7.47. The summed E-state index contributed by atoms with van der Waals surface area (Å²) < 4.78 is 30.8. The Morgan fingerprint density at radius 3 is 2.33 bits per heavy atom. The molecular formula is C32H41F2N7O. The first-order chi connectivity index (χ1) is 20.1. The van der Waals surface area contributed by atoms with Crippen molar-refractivity contribution in [2.75, 3.05) is 30.4 Å². The van der Waals surface area contributed by atoms with Gasteiger partial charge in [-0.15, -0.1) is 0 Å². The molecule has 1 aliphatic heterocycles. The number of nitrogens with zero attached hydrogens (tertiary/aromatic N) is 5. The summed E-state index contributed by atoms with van der Waals surface area (Å²) in [5.41, 5.74) is 4.63. The van der Waals surface area contributed by atoms with Crippen LogP contribution in [0.4, 0.5) is 20.3 Å². The van der Waals surface area contributed by atoms with Crippen molar-refractivity contribution in [3.05, 3.63) is 75.4 Å². The lowest BCUT2D eigenvalue weighted by Crippen LogP contribution is -2.42. The molecule has 2 fully saturated rings. The first-order valence-corrected chi connectivity index (χ1v) is 14.6. The van der Waals surface area contributed by atoms with E-state index in [9.17, 15) is 4.79 Å². The molecule has 10 heteroatoms. The van der Waals surface area contributed by atoms with Gasteiger partial charge in [0.25, 0.3) is 5.91 Å². The van der Waals surface area contributed by atoms with Gasteiger partial charge in [-0.05, 0) is 78.4 Å². The third kappa shape index (κ3) is 6.69. The van der Waals surface area contributed by atoms with E-state index in [0.717, 1.165) is 65.9 Å². The van der Waals surface area contributed by atoms with E-state index in [1.54, 1.807) is 25.1 Å². The van der Waals surface area contributed by atoms with E-state index in [0.29, 0.717) is 30.6 Å². The number of aliphatic imine (C=N–C) groups is 2. The maximum Gasteiger partial charge on any atom is 0.254 e. The number of likely N-dealkylation sites (tertiary alicyclic amines) is 1. The van der Waals surface area contributed by atoms with Crippen molar-refractivity contribution in [1.29, 1.82) is 0 Å². The Morgan fingerprint density at radius 2 is 1.86 bits per heavy atom. The Kier molecular flexibility index (Phi) is 9.75. The number of rotatable bonds is 10. The lowest BCUT2D eigenvalue weighted by atomic mass is 9.92. The van der Waals surface area contributed by atoms with Gasteiger partial charge in [-0.3, -0.25) is 14.9 Å². The molecule has 0 unspecified atom stereocenters. The van der Waals surface area contributed by atoms with Gasteiger partial charge in [0.2, 0.25) is 0 Å². The van der Waals surface area contributed by atoms with E-state index in [-0.39, 0.29) is 23.1 Å². The number of allylic oxidation sites excluding steroid dienone is 3. The molecule has 1 saturated carbocycles. The van der Waals surface area contributed by atoms with Crippen LogP contribution in [0.5, 0.6) is 0 Å². The van der Waals surface area contributed by atoms with Crippen LogP contribution in [0, 0.1) is 24.5 Å². The zero-order chi connectivity index (χ0) is 30.6. The molecule has 8 nitrogen and oxygen atoms in total. The average Bonchev–Trinajstić information content (AvgIpc) is 3.68. The number of carbonyl (C=O) groups is 1. The second kappa shape index (κ2) is 13.3. The maximum absolute atomic E-state index is 15.4. The number of benzene rings is 1. The smallest absolute Gasteiger partial charge is 0.254 e. The summed E-state index contributed by atoms with van der Waals surface area (Å²) in [6.45, 7) is 12.9. The standard InChI is InChI=1S/C32H41F2N7O/c1-8-19(4)28(26(9-2)35-10-3)29(22-12-13-22)31(37-27-16-20(5)38-39-27)36-21(6)40(7)30-24(33)17-23(18-25(30)34)32(42)41-14-11-15-41/h9-10,16-18,22H,8,11-15H2,1-7H3,(H2,37,38,39)/b26-9-,28-19+,31-29+,35-10?,36-21+. The Bertz CT molecular complexity index is 1470. The fourth-order valence-electron chi connectivity index (χ4n) is 4.94. The van der Waals surface area contributed by atoms with Crippen molar-refractivity contribution in [1.82, 2.24) is 15.1 Å². The van der Waals surface area contributed by atoms with Gasteiger partial charge in [0.15, 0.2) is 17.5 Å². The number of carbonyl (C=O) groups excluding carboxylic acids is 1. The molecule has 0 bridgehead atoms. The predicted molar refractivity (Wildman–Crippen MR) is 166 cm³/mol. The SMILES string of the molecule is CC=NC(=C\C)/C(=C(/C)CC)C(=C(\N=C(/C)N(C)c1c(F)cc(C(=O)N2CCC2)cc1F)Nc1cc(C)[nH]n1)/C1CC1. The van der Waals surface area contributed by atoms with Crippen LogP contribution < -0.4 is 10.2 Å². The molecule has 1 aromatic carbocycles. The number of halogens is 2. The minimum Gasteiger partial charge on any atom is -0.339 e. The highest BCUT2D eigenvalue weighted by molar-refractivity contribution is 5.98. The number of anilines is 2. The first kappa shape index (κ1) is 30.9. The second-order valence-electron chi connectivity index (χ2n) is 10.8. The van der Waals surface area contributed by atoms with Crippen molar-refractivity contribution in [2.24, 2.45) is 15.9 Å². The van der Waals surface area contributed by atoms with Crippen LogP contribution in [0.1, 0.15) is 76.4 Å². The van der Waals surface area contributed by atoms with E-state index in [4.69, 9.17) is 4.99 Å². The highest BCUT2D eigenvalue weighted by Gasteiger charge is 2.34. The molecule has 2 heterocycles. The largest absolute Gasteiger partial charge is 0.339 e. The van der Waals surface area contributed by atoms with Gasteiger partial charge in [0, 0.05) is 54.8 Å². The van der Waals surface area contributed by atoms with Crippen molar-refractivity contribution in [2.45, 2.75) is 67.2 Å². The van der Waals surface area contributed by atoms with E-state index in [2.05, 4.69) is 34.4 Å². The number of aromatic nitrogens is 2. The summed E-state index contributed by atoms with van der Waals surface area (Å²) >= 11 is 0. The summed E-state index contributed by atoms with van der Waals surface area (Å²) in [5.74, 6) is -0.277. The Balaban J connectivity index is 1.84. The zero-order valence-corrected chi connectivity index (χ0v) is 25.6. The van der Waals surface area contributed by atoms with Gasteiger partial charge in [-0.1, -0.05) is 18.6 Å². The van der Waals surface area contributed by atoms with E-state index < -0.39 is 11.6 Å². The molecule has 1 aromatic heterocycles. The van der Waals surface area contributed by atoms with Gasteiger partial charge in [0.1, 0.15) is 17.3 Å². The fraction of sp³-hybridized carbons (Fsp3) is 0.438. The lowest BCUT2D eigenvalue weighted by Gasteiger charge is -2.31. The van der Waals surface area contributed by atoms with Crippen LogP contribution >= 0.6 is 0 Å². The number of H-pyrrole nitrogens is 1. The van der Waals surface area contributed by atoms with Gasteiger partial charge in [-0.2, -0.15) is 5.10 Å². The molecule has 224 valence electrons. The molecule has 1 amide bonds. The third-order valence-electron chi connectivity index (χ3n) is 7.72. The number of hydrogen-bond donors (Lipinski definition) is 2. The molecule has 42 heavy (non-hydrogen) atoms. The normalized spacial score (nSPS) is 17.2. The third-order valence-corrected chi connectivity index (χ3v) is 7.72. The van der Waals surface area contributed by atoms with Gasteiger partial charge in [-0.25, -0.2) is 13.8 Å². The van der Waals surface area contributed by atoms with Crippen LogP contribution in [0.2, 0.25) is 0 Å². The minimum absolute atomic E-state index is 0.00351. The van der Waals surface area contributed by atoms with Crippen LogP contribution in [-0.2, 0) is 0 Å². The first-order valence-electron chi connectivity index (χ1n) is 14.6. The van der Waals surface area contributed by atoms with E-state index in [1.165, 1.54) is 4.90 Å². The fourth-order valence-corrected chi connectivity index (χ4v) is 4.94. The second-order valence-corrected chi connectivity index (χ2v) is 10.8. The molecule has 1 saturated heterocycles. The predicted octanol–water partition coefficient (Wildman–Crippen LogP) is 7.15. The van der Waals surface area contributed by atoms with Crippen LogP contribution in [0.3, 0.4) is 0 Å². The molecule has 2 aliphatic rings. The van der Waals surface area contributed by atoms with E-state index >= 15 is 8.78 Å². The number of amidine groups is 1. The lowest BCUT2D eigenvalue weighted by molar-refractivity contribution is 0.0651. The minimum atomic E-state index is -0.823. The zero-order valence-electron chi connectivity index (χ0n) is 25.6. The number of aryl methyl sites for hydroxylation is 1. The number of nitrogens with one attached hydrogen (secondary N) is 2. The Hall–Kier alpha value is -4.08. The van der Waals surface area contributed by atoms with Crippen LogP contribution in [0.15, 0.2) is 62.5 Å². The van der Waals surface area contributed by atoms with Crippen LogP contribution in [0.25, 0.3) is 0 Å². The highest BCUT2D eigenvalue weighted by atomic mass is 19.1. The summed E-state index contributed by atoms with van der Waals surface area (Å²) in [7, 11) is 1.57. The average molecular weight is 578 g/mol. The molecule has 2 aromatic rings. The molecule has 1 aliphatic carbocycles.